The molecule has 24 heavy (non-hydrogen) atoms. The molecule has 0 N–H and O–H groups in total. The summed E-state index contributed by atoms with van der Waals surface area (Å²) < 4.78 is 34.2. The Hall–Kier alpha value is -0.660. The quantitative estimate of drug-likeness (QED) is 0.694. The SMILES string of the molecule is CC1CCC(CN2CC[C@H](OCC#CC(C)(C)C)C(F)(F)C2)CC1. The fraction of sp³-hybridized carbons (Fsp3) is 0.900. The first kappa shape index (κ1) is 19.7. The first-order valence-electron chi connectivity index (χ1n) is 9.37. The van der Waals surface area contributed by atoms with Crippen LogP contribution >= 0.6 is 0 Å². The largest absolute Gasteiger partial charge is 0.359 e. The van der Waals surface area contributed by atoms with Crippen molar-refractivity contribution in [2.24, 2.45) is 17.3 Å². The molecule has 2 nitrogen and oxygen atoms in total. The van der Waals surface area contributed by atoms with Crippen LogP contribution in [0, 0.1) is 29.1 Å². The minimum absolute atomic E-state index is 0.0953. The van der Waals surface area contributed by atoms with Gasteiger partial charge in [-0.15, -0.1) is 0 Å². The van der Waals surface area contributed by atoms with Gasteiger partial charge in [0.2, 0.25) is 0 Å². The van der Waals surface area contributed by atoms with Crippen LogP contribution in [0.25, 0.3) is 0 Å². The summed E-state index contributed by atoms with van der Waals surface area (Å²) in [6.07, 6.45) is 4.26. The van der Waals surface area contributed by atoms with Crippen LogP contribution in [0.15, 0.2) is 0 Å². The van der Waals surface area contributed by atoms with Crippen molar-refractivity contribution in [3.63, 3.8) is 0 Å². The molecule has 1 atom stereocenters. The highest BCUT2D eigenvalue weighted by Gasteiger charge is 2.45. The standard InChI is InChI=1S/C20H33F2NO/c1-16-6-8-17(9-7-16)14-23-12-10-18(20(21,22)15-23)24-13-5-11-19(2,3)4/h16-18H,6-10,12-15H2,1-4H3/t16?,17?,18-/m0/s1. The molecular formula is C20H33F2NO. The lowest BCUT2D eigenvalue weighted by molar-refractivity contribution is -0.169. The maximum Gasteiger partial charge on any atom is 0.286 e. The molecule has 2 aliphatic rings. The zero-order chi connectivity index (χ0) is 17.8. The van der Waals surface area contributed by atoms with Crippen molar-refractivity contribution in [1.82, 2.24) is 4.90 Å². The minimum Gasteiger partial charge on any atom is -0.359 e. The number of halogens is 2. The third kappa shape index (κ3) is 6.33. The van der Waals surface area contributed by atoms with Gasteiger partial charge in [-0.2, -0.15) is 0 Å². The molecule has 0 spiro atoms. The third-order valence-electron chi connectivity index (χ3n) is 5.08. The number of likely N-dealkylation sites (tertiary alicyclic amines) is 1. The average molecular weight is 341 g/mol. The second-order valence-electron chi connectivity index (χ2n) is 8.76. The second kappa shape index (κ2) is 8.15. The lowest BCUT2D eigenvalue weighted by Gasteiger charge is -2.40. The van der Waals surface area contributed by atoms with Gasteiger partial charge in [-0.05, 0) is 51.9 Å². The van der Waals surface area contributed by atoms with Crippen molar-refractivity contribution < 1.29 is 13.5 Å². The highest BCUT2D eigenvalue weighted by molar-refractivity contribution is 5.07. The molecule has 0 amide bonds. The molecule has 2 fully saturated rings. The fourth-order valence-electron chi connectivity index (χ4n) is 3.67. The van der Waals surface area contributed by atoms with E-state index in [0.717, 1.165) is 12.5 Å². The lowest BCUT2D eigenvalue weighted by Crippen LogP contribution is -2.53. The Kier molecular flexibility index (Phi) is 6.67. The lowest BCUT2D eigenvalue weighted by atomic mass is 9.82. The number of alkyl halides is 2. The highest BCUT2D eigenvalue weighted by atomic mass is 19.3. The summed E-state index contributed by atoms with van der Waals surface area (Å²) in [5, 5.41) is 0. The van der Waals surface area contributed by atoms with Crippen LogP contribution in [0.1, 0.15) is 59.8 Å². The number of ether oxygens (including phenoxy) is 1. The monoisotopic (exact) mass is 341 g/mol. The zero-order valence-corrected chi connectivity index (χ0v) is 15.7. The maximum atomic E-state index is 14.4. The van der Waals surface area contributed by atoms with E-state index in [0.29, 0.717) is 18.9 Å². The summed E-state index contributed by atoms with van der Waals surface area (Å²) in [6.45, 7) is 9.74. The molecule has 0 radical (unpaired) electrons. The minimum atomic E-state index is -2.77. The van der Waals surface area contributed by atoms with Gasteiger partial charge < -0.3 is 4.74 Å². The number of hydrogen-bond donors (Lipinski definition) is 0. The van der Waals surface area contributed by atoms with Crippen LogP contribution in [-0.4, -0.2) is 43.2 Å². The predicted molar refractivity (Wildman–Crippen MR) is 94.1 cm³/mol. The van der Waals surface area contributed by atoms with Crippen molar-refractivity contribution in [3.05, 3.63) is 0 Å². The Bertz CT molecular complexity index is 452. The van der Waals surface area contributed by atoms with Crippen molar-refractivity contribution in [2.45, 2.75) is 71.8 Å². The Labute approximate surface area is 146 Å². The molecule has 1 saturated carbocycles. The van der Waals surface area contributed by atoms with Crippen LogP contribution in [0.2, 0.25) is 0 Å². The Morgan fingerprint density at radius 3 is 2.38 bits per heavy atom. The molecule has 0 bridgehead atoms. The number of piperidine rings is 1. The van der Waals surface area contributed by atoms with Gasteiger partial charge in [0, 0.05) is 18.5 Å². The van der Waals surface area contributed by atoms with E-state index in [4.69, 9.17) is 4.74 Å². The summed E-state index contributed by atoms with van der Waals surface area (Å²) >= 11 is 0. The van der Waals surface area contributed by atoms with E-state index in [1.54, 1.807) is 0 Å². The Morgan fingerprint density at radius 1 is 1.12 bits per heavy atom. The highest BCUT2D eigenvalue weighted by Crippen LogP contribution is 2.33. The van der Waals surface area contributed by atoms with Crippen molar-refractivity contribution in [1.29, 1.82) is 0 Å². The predicted octanol–water partition coefficient (Wildman–Crippen LogP) is 4.59. The summed E-state index contributed by atoms with van der Waals surface area (Å²) in [6, 6.07) is 0. The van der Waals surface area contributed by atoms with Gasteiger partial charge in [0.1, 0.15) is 12.7 Å². The molecule has 138 valence electrons. The molecule has 2 rings (SSSR count). The third-order valence-corrected chi connectivity index (χ3v) is 5.08. The normalized spacial score (nSPS) is 31.3. The Balaban J connectivity index is 1.78. The zero-order valence-electron chi connectivity index (χ0n) is 15.7. The number of hydrogen-bond acceptors (Lipinski definition) is 2. The molecule has 1 aliphatic carbocycles. The maximum absolute atomic E-state index is 14.4. The molecule has 0 aromatic carbocycles. The second-order valence-corrected chi connectivity index (χ2v) is 8.76. The molecular weight excluding hydrogens is 308 g/mol. The topological polar surface area (TPSA) is 12.5 Å². The van der Waals surface area contributed by atoms with E-state index in [2.05, 4.69) is 18.8 Å². The van der Waals surface area contributed by atoms with Gasteiger partial charge in [0.15, 0.2) is 0 Å². The molecule has 4 heteroatoms. The van der Waals surface area contributed by atoms with Gasteiger partial charge in [-0.3, -0.25) is 4.90 Å². The molecule has 1 heterocycles. The van der Waals surface area contributed by atoms with Crippen molar-refractivity contribution in [2.75, 3.05) is 26.2 Å². The van der Waals surface area contributed by atoms with E-state index < -0.39 is 12.0 Å². The van der Waals surface area contributed by atoms with Crippen LogP contribution in [0.5, 0.6) is 0 Å². The van der Waals surface area contributed by atoms with Gasteiger partial charge in [0.05, 0.1) is 6.54 Å². The summed E-state index contributed by atoms with van der Waals surface area (Å²) in [5.74, 6) is 4.51. The van der Waals surface area contributed by atoms with Gasteiger partial charge in [-0.1, -0.05) is 31.6 Å². The fourth-order valence-corrected chi connectivity index (χ4v) is 3.67. The van der Waals surface area contributed by atoms with Crippen LogP contribution in [0.3, 0.4) is 0 Å². The van der Waals surface area contributed by atoms with Crippen molar-refractivity contribution >= 4 is 0 Å². The molecule has 0 unspecified atom stereocenters. The van der Waals surface area contributed by atoms with Gasteiger partial charge in [0.25, 0.3) is 5.92 Å². The molecule has 1 aliphatic heterocycles. The summed E-state index contributed by atoms with van der Waals surface area (Å²) in [5.41, 5.74) is -0.118. The molecule has 0 aromatic heterocycles. The van der Waals surface area contributed by atoms with Gasteiger partial charge >= 0.3 is 0 Å². The van der Waals surface area contributed by atoms with Crippen LogP contribution in [-0.2, 0) is 4.74 Å². The summed E-state index contributed by atoms with van der Waals surface area (Å²) in [4.78, 5) is 1.95. The van der Waals surface area contributed by atoms with E-state index in [9.17, 15) is 8.78 Å². The molecule has 1 saturated heterocycles. The van der Waals surface area contributed by atoms with Crippen LogP contribution in [0.4, 0.5) is 8.78 Å². The van der Waals surface area contributed by atoms with Gasteiger partial charge in [-0.25, -0.2) is 8.78 Å². The average Bonchev–Trinajstić information content (AvgIpc) is 2.46. The smallest absolute Gasteiger partial charge is 0.286 e. The van der Waals surface area contributed by atoms with Crippen molar-refractivity contribution in [3.8, 4) is 11.8 Å². The van der Waals surface area contributed by atoms with E-state index >= 15 is 0 Å². The van der Waals surface area contributed by atoms with E-state index in [1.807, 2.05) is 25.7 Å². The van der Waals surface area contributed by atoms with Crippen LogP contribution < -0.4 is 0 Å². The van der Waals surface area contributed by atoms with E-state index in [1.165, 1.54) is 25.7 Å². The summed E-state index contributed by atoms with van der Waals surface area (Å²) in [7, 11) is 0. The first-order valence-corrected chi connectivity index (χ1v) is 9.37. The Morgan fingerprint density at radius 2 is 1.79 bits per heavy atom. The van der Waals surface area contributed by atoms with E-state index in [-0.39, 0.29) is 18.6 Å². The molecule has 0 aromatic rings. The number of rotatable bonds is 4. The first-order chi connectivity index (χ1) is 11.2. The number of nitrogens with zero attached hydrogens (tertiary/aromatic N) is 1.